The molecule has 0 saturated carbocycles. The predicted molar refractivity (Wildman–Crippen MR) is 89.8 cm³/mol. The fraction of sp³-hybridized carbons (Fsp3) is 0.706. The molecular weight excluding hydrogens is 260 g/mol. The van der Waals surface area contributed by atoms with Crippen molar-refractivity contribution in [3.8, 4) is 0 Å². The lowest BCUT2D eigenvalue weighted by Gasteiger charge is -2.28. The Morgan fingerprint density at radius 2 is 2.10 bits per heavy atom. The Hall–Kier alpha value is -1.13. The first-order chi connectivity index (χ1) is 9.81. The maximum Gasteiger partial charge on any atom is 0.128 e. The van der Waals surface area contributed by atoms with Gasteiger partial charge in [-0.2, -0.15) is 0 Å². The lowest BCUT2D eigenvalue weighted by atomic mass is 9.90. The Morgan fingerprint density at radius 1 is 1.38 bits per heavy atom. The van der Waals surface area contributed by atoms with Crippen LogP contribution in [0.25, 0.3) is 0 Å². The number of anilines is 1. The molecular formula is C17H30N4. The molecule has 2 rings (SSSR count). The van der Waals surface area contributed by atoms with Crippen LogP contribution in [0.4, 0.5) is 5.82 Å². The maximum absolute atomic E-state index is 5.86. The van der Waals surface area contributed by atoms with Crippen LogP contribution >= 0.6 is 0 Å². The number of pyridine rings is 1. The summed E-state index contributed by atoms with van der Waals surface area (Å²) in [6, 6.07) is 4.90. The minimum absolute atomic E-state index is 0.0465. The van der Waals surface area contributed by atoms with Gasteiger partial charge in [0.15, 0.2) is 0 Å². The van der Waals surface area contributed by atoms with Gasteiger partial charge in [-0.15, -0.1) is 0 Å². The van der Waals surface area contributed by atoms with Gasteiger partial charge in [0.1, 0.15) is 5.82 Å². The monoisotopic (exact) mass is 290 g/mol. The van der Waals surface area contributed by atoms with Crippen molar-refractivity contribution in [1.82, 2.24) is 9.88 Å². The summed E-state index contributed by atoms with van der Waals surface area (Å²) < 4.78 is 0. The molecule has 1 aromatic heterocycles. The van der Waals surface area contributed by atoms with E-state index < -0.39 is 0 Å². The highest BCUT2D eigenvalue weighted by Crippen LogP contribution is 2.25. The van der Waals surface area contributed by atoms with E-state index in [1.54, 1.807) is 0 Å². The standard InChI is InChI=1S/C17H30N4/c1-17(2,3)15-9-13(11-18)10-16(19-15)21(5)12-14-7-6-8-20(14)4/h9-10,14H,6-8,11-12,18H2,1-5H3. The van der Waals surface area contributed by atoms with Crippen molar-refractivity contribution < 1.29 is 0 Å². The van der Waals surface area contributed by atoms with Crippen molar-refractivity contribution in [3.05, 3.63) is 23.4 Å². The van der Waals surface area contributed by atoms with Crippen LogP contribution in [0.1, 0.15) is 44.9 Å². The van der Waals surface area contributed by atoms with Crippen LogP contribution in [0, 0.1) is 0 Å². The molecule has 2 heterocycles. The Balaban J connectivity index is 2.21. The van der Waals surface area contributed by atoms with Gasteiger partial charge in [0.2, 0.25) is 0 Å². The van der Waals surface area contributed by atoms with E-state index in [4.69, 9.17) is 10.7 Å². The number of nitrogens with zero attached hydrogens (tertiary/aromatic N) is 3. The molecule has 1 atom stereocenters. The number of nitrogens with two attached hydrogens (primary N) is 1. The van der Waals surface area contributed by atoms with E-state index >= 15 is 0 Å². The lowest BCUT2D eigenvalue weighted by Crippen LogP contribution is -2.37. The number of hydrogen-bond donors (Lipinski definition) is 1. The SMILES string of the molecule is CN(CC1CCCN1C)c1cc(CN)cc(C(C)(C)C)n1. The van der Waals surface area contributed by atoms with Gasteiger partial charge in [0.25, 0.3) is 0 Å². The Labute approximate surface area is 129 Å². The van der Waals surface area contributed by atoms with Crippen molar-refractivity contribution in [1.29, 1.82) is 0 Å². The van der Waals surface area contributed by atoms with E-state index in [2.05, 4.69) is 56.8 Å². The molecule has 0 amide bonds. The van der Waals surface area contributed by atoms with Crippen LogP contribution in [0.3, 0.4) is 0 Å². The quantitative estimate of drug-likeness (QED) is 0.924. The van der Waals surface area contributed by atoms with Crippen LogP contribution in [-0.4, -0.2) is 43.1 Å². The molecule has 1 saturated heterocycles. The van der Waals surface area contributed by atoms with Crippen LogP contribution in [0.5, 0.6) is 0 Å². The van der Waals surface area contributed by atoms with E-state index in [9.17, 15) is 0 Å². The van der Waals surface area contributed by atoms with Crippen LogP contribution in [-0.2, 0) is 12.0 Å². The molecule has 1 aromatic rings. The Morgan fingerprint density at radius 3 is 2.62 bits per heavy atom. The van der Waals surface area contributed by atoms with Gasteiger partial charge in [-0.25, -0.2) is 4.98 Å². The summed E-state index contributed by atoms with van der Waals surface area (Å²) in [5, 5.41) is 0. The third-order valence-electron chi connectivity index (χ3n) is 4.42. The summed E-state index contributed by atoms with van der Waals surface area (Å²) in [5.41, 5.74) is 8.19. The molecule has 4 nitrogen and oxygen atoms in total. The number of likely N-dealkylation sites (N-methyl/N-ethyl adjacent to an activating group) is 2. The molecule has 0 bridgehead atoms. The van der Waals surface area contributed by atoms with Gasteiger partial charge in [0.05, 0.1) is 0 Å². The minimum Gasteiger partial charge on any atom is -0.358 e. The summed E-state index contributed by atoms with van der Waals surface area (Å²) in [6.07, 6.45) is 2.59. The van der Waals surface area contributed by atoms with E-state index in [0.717, 1.165) is 23.6 Å². The molecule has 1 unspecified atom stereocenters. The zero-order chi connectivity index (χ0) is 15.6. The number of hydrogen-bond acceptors (Lipinski definition) is 4. The van der Waals surface area contributed by atoms with E-state index in [0.29, 0.717) is 12.6 Å². The zero-order valence-corrected chi connectivity index (χ0v) is 14.2. The van der Waals surface area contributed by atoms with Gasteiger partial charge < -0.3 is 15.5 Å². The van der Waals surface area contributed by atoms with Gasteiger partial charge in [0, 0.05) is 37.3 Å². The Bertz CT molecular complexity index is 478. The van der Waals surface area contributed by atoms with Gasteiger partial charge in [-0.1, -0.05) is 20.8 Å². The average molecular weight is 290 g/mol. The smallest absolute Gasteiger partial charge is 0.128 e. The maximum atomic E-state index is 5.86. The number of aromatic nitrogens is 1. The van der Waals surface area contributed by atoms with E-state index in [1.807, 2.05) is 0 Å². The second-order valence-electron chi connectivity index (χ2n) is 7.33. The fourth-order valence-corrected chi connectivity index (χ4v) is 2.89. The van der Waals surface area contributed by atoms with Crippen molar-refractivity contribution in [2.75, 3.05) is 32.1 Å². The summed E-state index contributed by atoms with van der Waals surface area (Å²) in [5.74, 6) is 1.04. The lowest BCUT2D eigenvalue weighted by molar-refractivity contribution is 0.314. The molecule has 0 aliphatic carbocycles. The highest BCUT2D eigenvalue weighted by molar-refractivity contribution is 5.43. The van der Waals surface area contributed by atoms with E-state index in [-0.39, 0.29) is 5.41 Å². The molecule has 1 fully saturated rings. The second-order valence-corrected chi connectivity index (χ2v) is 7.33. The first-order valence-electron chi connectivity index (χ1n) is 7.94. The largest absolute Gasteiger partial charge is 0.358 e. The fourth-order valence-electron chi connectivity index (χ4n) is 2.89. The van der Waals surface area contributed by atoms with Crippen molar-refractivity contribution in [2.24, 2.45) is 5.73 Å². The summed E-state index contributed by atoms with van der Waals surface area (Å²) in [6.45, 7) is 9.40. The molecule has 21 heavy (non-hydrogen) atoms. The van der Waals surface area contributed by atoms with E-state index in [1.165, 1.54) is 19.4 Å². The molecule has 0 radical (unpaired) electrons. The zero-order valence-electron chi connectivity index (χ0n) is 14.2. The van der Waals surface area contributed by atoms with Gasteiger partial charge in [-0.3, -0.25) is 0 Å². The van der Waals surface area contributed by atoms with Crippen molar-refractivity contribution in [3.63, 3.8) is 0 Å². The van der Waals surface area contributed by atoms with Crippen molar-refractivity contribution in [2.45, 2.75) is 51.6 Å². The van der Waals surface area contributed by atoms with Crippen LogP contribution in [0.2, 0.25) is 0 Å². The molecule has 1 aliphatic heterocycles. The molecule has 1 aliphatic rings. The third-order valence-corrected chi connectivity index (χ3v) is 4.42. The summed E-state index contributed by atoms with van der Waals surface area (Å²) in [4.78, 5) is 9.60. The molecule has 118 valence electrons. The van der Waals surface area contributed by atoms with Crippen LogP contribution in [0.15, 0.2) is 12.1 Å². The number of likely N-dealkylation sites (tertiary alicyclic amines) is 1. The third kappa shape index (κ3) is 3.95. The van der Waals surface area contributed by atoms with Gasteiger partial charge in [-0.05, 0) is 44.1 Å². The second kappa shape index (κ2) is 6.32. The topological polar surface area (TPSA) is 45.4 Å². The van der Waals surface area contributed by atoms with Crippen LogP contribution < -0.4 is 10.6 Å². The highest BCUT2D eigenvalue weighted by atomic mass is 15.2. The average Bonchev–Trinajstić information content (AvgIpc) is 2.82. The number of rotatable bonds is 4. The summed E-state index contributed by atoms with van der Waals surface area (Å²) in [7, 11) is 4.36. The molecule has 0 aromatic carbocycles. The normalized spacial score (nSPS) is 20.0. The molecule has 0 spiro atoms. The molecule has 2 N–H and O–H groups in total. The van der Waals surface area contributed by atoms with Gasteiger partial charge >= 0.3 is 0 Å². The Kier molecular flexibility index (Phi) is 4.89. The highest BCUT2D eigenvalue weighted by Gasteiger charge is 2.23. The summed E-state index contributed by atoms with van der Waals surface area (Å²) >= 11 is 0. The predicted octanol–water partition coefficient (Wildman–Crippen LogP) is 2.37. The first-order valence-corrected chi connectivity index (χ1v) is 7.94. The molecule has 4 heteroatoms. The van der Waals surface area contributed by atoms with Crippen molar-refractivity contribution >= 4 is 5.82 Å². The first kappa shape index (κ1) is 16.2. The minimum atomic E-state index is 0.0465.